The monoisotopic (exact) mass is 613 g/mol. The summed E-state index contributed by atoms with van der Waals surface area (Å²) in [6.45, 7) is 5.58. The first-order chi connectivity index (χ1) is 15.2. The summed E-state index contributed by atoms with van der Waals surface area (Å²) in [6, 6.07) is 8.90. The number of ether oxygens (including phenoxy) is 3. The lowest BCUT2D eigenvalue weighted by Gasteiger charge is -2.17. The average molecular weight is 614 g/mol. The molecule has 0 amide bonds. The van der Waals surface area contributed by atoms with E-state index in [1.165, 1.54) is 11.8 Å². The predicted octanol–water partition coefficient (Wildman–Crippen LogP) is 4.29. The number of benzene rings is 2. The van der Waals surface area contributed by atoms with E-state index in [9.17, 15) is 9.59 Å². The van der Waals surface area contributed by atoms with Gasteiger partial charge >= 0.3 is 5.97 Å². The van der Waals surface area contributed by atoms with E-state index in [0.717, 1.165) is 8.04 Å². The lowest BCUT2D eigenvalue weighted by Crippen LogP contribution is -2.25. The summed E-state index contributed by atoms with van der Waals surface area (Å²) in [4.78, 5) is 29.1. The van der Waals surface area contributed by atoms with Crippen LogP contribution in [-0.4, -0.2) is 41.7 Å². The number of rotatable bonds is 7. The van der Waals surface area contributed by atoms with Crippen LogP contribution in [0.3, 0.4) is 0 Å². The van der Waals surface area contributed by atoms with Crippen LogP contribution < -0.4 is 15.0 Å². The van der Waals surface area contributed by atoms with Crippen molar-refractivity contribution in [2.75, 3.05) is 13.7 Å². The Bertz CT molecular complexity index is 1260. The molecule has 32 heavy (non-hydrogen) atoms. The fourth-order valence-corrected chi connectivity index (χ4v) is 4.06. The molecular formula is C22H21BrIN3O5. The number of methoxy groups -OCH3 is 1. The Labute approximate surface area is 206 Å². The first-order valence-electron chi connectivity index (χ1n) is 9.69. The molecule has 0 aliphatic heterocycles. The highest BCUT2D eigenvalue weighted by molar-refractivity contribution is 14.1. The molecule has 168 valence electrons. The Morgan fingerprint density at radius 3 is 2.78 bits per heavy atom. The third-order valence-electron chi connectivity index (χ3n) is 4.45. The van der Waals surface area contributed by atoms with E-state index in [2.05, 4.69) is 48.6 Å². The van der Waals surface area contributed by atoms with Gasteiger partial charge in [-0.1, -0.05) is 15.9 Å². The number of aromatic nitrogens is 2. The van der Waals surface area contributed by atoms with Gasteiger partial charge < -0.3 is 14.2 Å². The van der Waals surface area contributed by atoms with Crippen LogP contribution in [0.4, 0.5) is 0 Å². The van der Waals surface area contributed by atoms with Crippen molar-refractivity contribution in [1.82, 2.24) is 9.66 Å². The molecule has 1 aromatic heterocycles. The largest absolute Gasteiger partial charge is 0.490 e. The van der Waals surface area contributed by atoms with E-state index in [0.29, 0.717) is 40.4 Å². The summed E-state index contributed by atoms with van der Waals surface area (Å²) in [7, 11) is 1.31. The molecule has 0 spiro atoms. The molecule has 8 nitrogen and oxygen atoms in total. The zero-order chi connectivity index (χ0) is 23.4. The second-order valence-corrected chi connectivity index (χ2v) is 8.81. The molecule has 0 radical (unpaired) electrons. The van der Waals surface area contributed by atoms with Gasteiger partial charge in [-0.05, 0) is 79.3 Å². The Balaban J connectivity index is 2.00. The molecule has 2 aromatic carbocycles. The van der Waals surface area contributed by atoms with Crippen LogP contribution in [0.5, 0.6) is 11.5 Å². The van der Waals surface area contributed by atoms with Crippen LogP contribution in [-0.2, 0) is 9.53 Å². The highest BCUT2D eigenvalue weighted by atomic mass is 127. The van der Waals surface area contributed by atoms with Gasteiger partial charge in [0.05, 0.1) is 34.4 Å². The van der Waals surface area contributed by atoms with Crippen molar-refractivity contribution in [1.29, 1.82) is 0 Å². The number of hydrogen-bond donors (Lipinski definition) is 0. The quantitative estimate of drug-likeness (QED) is 0.224. The highest BCUT2D eigenvalue weighted by Crippen LogP contribution is 2.34. The van der Waals surface area contributed by atoms with Gasteiger partial charge in [-0.25, -0.2) is 9.78 Å². The molecular weight excluding hydrogens is 593 g/mol. The van der Waals surface area contributed by atoms with E-state index in [4.69, 9.17) is 14.2 Å². The van der Waals surface area contributed by atoms with Crippen molar-refractivity contribution in [2.24, 2.45) is 5.10 Å². The lowest BCUT2D eigenvalue weighted by atomic mass is 10.2. The fourth-order valence-electron chi connectivity index (χ4n) is 2.95. The zero-order valence-electron chi connectivity index (χ0n) is 17.9. The van der Waals surface area contributed by atoms with Crippen molar-refractivity contribution in [3.8, 4) is 11.5 Å². The fraction of sp³-hybridized carbons (Fsp3) is 0.273. The Hall–Kier alpha value is -2.47. The number of hydrogen-bond acceptors (Lipinski definition) is 7. The Morgan fingerprint density at radius 2 is 2.09 bits per heavy atom. The maximum absolute atomic E-state index is 12.9. The van der Waals surface area contributed by atoms with Crippen LogP contribution in [0.2, 0.25) is 0 Å². The van der Waals surface area contributed by atoms with Crippen molar-refractivity contribution in [2.45, 2.75) is 26.9 Å². The van der Waals surface area contributed by atoms with E-state index >= 15 is 0 Å². The van der Waals surface area contributed by atoms with Gasteiger partial charge in [0.2, 0.25) is 0 Å². The van der Waals surface area contributed by atoms with Crippen LogP contribution >= 0.6 is 38.5 Å². The second-order valence-electron chi connectivity index (χ2n) is 6.73. The van der Waals surface area contributed by atoms with Gasteiger partial charge in [0, 0.05) is 4.47 Å². The van der Waals surface area contributed by atoms with Gasteiger partial charge in [0.25, 0.3) is 5.56 Å². The summed E-state index contributed by atoms with van der Waals surface area (Å²) in [5, 5.41) is 4.82. The molecule has 0 aliphatic carbocycles. The molecule has 0 saturated carbocycles. The smallest absolute Gasteiger partial charge is 0.346 e. The number of esters is 1. The van der Waals surface area contributed by atoms with Gasteiger partial charge in [-0.15, -0.1) is 0 Å². The summed E-state index contributed by atoms with van der Waals surface area (Å²) in [6.07, 6.45) is 0.759. The molecule has 0 unspecified atom stereocenters. The number of aryl methyl sites for hydroxylation is 1. The summed E-state index contributed by atoms with van der Waals surface area (Å²) >= 11 is 5.48. The number of halogens is 2. The molecule has 0 bridgehead atoms. The molecule has 3 rings (SSSR count). The topological polar surface area (TPSA) is 92.0 Å². The van der Waals surface area contributed by atoms with Crippen molar-refractivity contribution in [3.05, 3.63) is 60.1 Å². The van der Waals surface area contributed by atoms with Crippen molar-refractivity contribution >= 4 is 61.6 Å². The van der Waals surface area contributed by atoms with Crippen LogP contribution in [0.25, 0.3) is 10.9 Å². The maximum atomic E-state index is 12.9. The highest BCUT2D eigenvalue weighted by Gasteiger charge is 2.20. The van der Waals surface area contributed by atoms with Gasteiger partial charge in [-0.2, -0.15) is 9.78 Å². The number of fused-ring (bicyclic) bond motifs is 1. The Morgan fingerprint density at radius 1 is 1.34 bits per heavy atom. The van der Waals surface area contributed by atoms with Crippen molar-refractivity contribution < 1.29 is 19.0 Å². The number of nitrogens with zero attached hydrogens (tertiary/aromatic N) is 3. The summed E-state index contributed by atoms with van der Waals surface area (Å²) in [5.74, 6) is 0.876. The standard InChI is InChI=1S/C22H21BrIN3O5/c1-5-31-19-9-14(8-17(24)20(19)32-12(2)22(29)30-4)11-25-27-13(3)26-18-7-6-15(23)10-16(18)21(27)28/h6-12H,5H2,1-4H3/t12-/m0/s1. The molecule has 3 aromatic rings. The molecule has 0 fully saturated rings. The Kier molecular flexibility index (Phi) is 7.88. The van der Waals surface area contributed by atoms with Crippen LogP contribution in [0, 0.1) is 10.5 Å². The van der Waals surface area contributed by atoms with Gasteiger partial charge in [-0.3, -0.25) is 4.79 Å². The van der Waals surface area contributed by atoms with E-state index < -0.39 is 12.1 Å². The van der Waals surface area contributed by atoms with Crippen molar-refractivity contribution in [3.63, 3.8) is 0 Å². The normalized spacial score (nSPS) is 12.2. The molecule has 1 heterocycles. The summed E-state index contributed by atoms with van der Waals surface area (Å²) in [5.41, 5.74) is 1.03. The van der Waals surface area contributed by atoms with E-state index in [1.807, 2.05) is 19.1 Å². The molecule has 10 heteroatoms. The molecule has 0 aliphatic rings. The summed E-state index contributed by atoms with van der Waals surface area (Å²) < 4.78 is 19.0. The molecule has 1 atom stereocenters. The number of carbonyl (C=O) groups is 1. The van der Waals surface area contributed by atoms with Gasteiger partial charge in [0.1, 0.15) is 5.82 Å². The van der Waals surface area contributed by atoms with Gasteiger partial charge in [0.15, 0.2) is 17.6 Å². The average Bonchev–Trinajstić information content (AvgIpc) is 2.76. The maximum Gasteiger partial charge on any atom is 0.346 e. The van der Waals surface area contributed by atoms with Crippen LogP contribution in [0.15, 0.2) is 44.7 Å². The minimum Gasteiger partial charge on any atom is -0.490 e. The first-order valence-corrected chi connectivity index (χ1v) is 11.6. The minimum absolute atomic E-state index is 0.267. The molecule has 0 N–H and O–H groups in total. The third kappa shape index (κ3) is 5.29. The minimum atomic E-state index is -0.795. The lowest BCUT2D eigenvalue weighted by molar-refractivity contribution is -0.148. The predicted molar refractivity (Wildman–Crippen MR) is 134 cm³/mol. The third-order valence-corrected chi connectivity index (χ3v) is 5.75. The SMILES string of the molecule is CCOc1cc(C=Nn2c(C)nc3ccc(Br)cc3c2=O)cc(I)c1O[C@@H](C)C(=O)OC. The van der Waals surface area contributed by atoms with E-state index in [-0.39, 0.29) is 5.56 Å². The molecule has 0 saturated heterocycles. The van der Waals surface area contributed by atoms with E-state index in [1.54, 1.807) is 38.3 Å². The first kappa shape index (κ1) is 24.2. The number of carbonyl (C=O) groups excluding carboxylic acids is 1. The van der Waals surface area contributed by atoms with Crippen LogP contribution in [0.1, 0.15) is 25.2 Å². The second kappa shape index (κ2) is 10.4. The zero-order valence-corrected chi connectivity index (χ0v) is 21.6.